The van der Waals surface area contributed by atoms with E-state index in [0.29, 0.717) is 11.7 Å². The molecule has 0 atom stereocenters. The van der Waals surface area contributed by atoms with Crippen LogP contribution in [0.5, 0.6) is 0 Å². The maximum absolute atomic E-state index is 12.6. The highest BCUT2D eigenvalue weighted by Gasteiger charge is 2.15. The fourth-order valence-electron chi connectivity index (χ4n) is 3.15. The number of nitrogens with zero attached hydrogens (tertiary/aromatic N) is 3. The van der Waals surface area contributed by atoms with Crippen LogP contribution >= 0.6 is 27.7 Å². The van der Waals surface area contributed by atoms with Crippen LogP contribution in [0, 0.1) is 0 Å². The van der Waals surface area contributed by atoms with Gasteiger partial charge in [-0.15, -0.1) is 16.8 Å². The van der Waals surface area contributed by atoms with Gasteiger partial charge in [-0.2, -0.15) is 0 Å². The molecule has 1 aromatic heterocycles. The Morgan fingerprint density at radius 2 is 1.83 bits per heavy atom. The monoisotopic (exact) mass is 478 g/mol. The van der Waals surface area contributed by atoms with Crippen molar-refractivity contribution in [2.45, 2.75) is 11.7 Å². The molecule has 0 radical (unpaired) electrons. The fourth-order valence-corrected chi connectivity index (χ4v) is 4.16. The van der Waals surface area contributed by atoms with Crippen LogP contribution in [0.3, 0.4) is 0 Å². The smallest absolute Gasteiger partial charge is 0.234 e. The highest BCUT2D eigenvalue weighted by molar-refractivity contribution is 9.10. The van der Waals surface area contributed by atoms with E-state index in [9.17, 15) is 4.79 Å². The maximum atomic E-state index is 12.6. The van der Waals surface area contributed by atoms with Gasteiger partial charge in [0.25, 0.3) is 0 Å². The predicted octanol–water partition coefficient (Wildman–Crippen LogP) is 5.78. The van der Waals surface area contributed by atoms with E-state index >= 15 is 0 Å². The Kier molecular flexibility index (Phi) is 6.30. The molecule has 0 bridgehead atoms. The zero-order valence-corrected chi connectivity index (χ0v) is 18.5. The molecule has 5 nitrogen and oxygen atoms in total. The normalized spacial score (nSPS) is 10.8. The second kappa shape index (κ2) is 9.28. The van der Waals surface area contributed by atoms with E-state index in [1.54, 1.807) is 6.08 Å². The van der Waals surface area contributed by atoms with Gasteiger partial charge in [0.05, 0.1) is 5.75 Å². The molecular formula is C23H19BrN4OS. The number of carbonyl (C=O) groups excluding carboxylic acids is 1. The number of anilines is 1. The first kappa shape index (κ1) is 20.4. The summed E-state index contributed by atoms with van der Waals surface area (Å²) >= 11 is 4.81. The van der Waals surface area contributed by atoms with Crippen molar-refractivity contribution in [1.29, 1.82) is 0 Å². The van der Waals surface area contributed by atoms with Crippen molar-refractivity contribution in [3.05, 3.63) is 83.9 Å². The standard InChI is InChI=1S/C23H19BrN4OS/c1-2-14-28-22(17-10-12-18(24)13-11-17)26-27-23(28)30-15-21(29)25-20-9-5-7-16-6-3-4-8-19(16)20/h2-13H,1,14-15H2,(H,25,29). The Morgan fingerprint density at radius 3 is 2.63 bits per heavy atom. The first-order chi connectivity index (χ1) is 14.7. The van der Waals surface area contributed by atoms with Crippen LogP contribution in [0.2, 0.25) is 0 Å². The summed E-state index contributed by atoms with van der Waals surface area (Å²) in [4.78, 5) is 12.6. The third-order valence-electron chi connectivity index (χ3n) is 4.53. The van der Waals surface area contributed by atoms with Crippen LogP contribution < -0.4 is 5.32 Å². The molecular weight excluding hydrogens is 460 g/mol. The van der Waals surface area contributed by atoms with E-state index < -0.39 is 0 Å². The molecule has 4 aromatic rings. The minimum absolute atomic E-state index is 0.0882. The molecule has 0 aliphatic heterocycles. The molecule has 1 amide bonds. The van der Waals surface area contributed by atoms with E-state index in [1.165, 1.54) is 11.8 Å². The number of carbonyl (C=O) groups is 1. The molecule has 1 N–H and O–H groups in total. The van der Waals surface area contributed by atoms with Crippen LogP contribution in [0.25, 0.3) is 22.2 Å². The first-order valence-electron chi connectivity index (χ1n) is 9.36. The molecule has 0 unspecified atom stereocenters. The van der Waals surface area contributed by atoms with Gasteiger partial charge in [0.2, 0.25) is 5.91 Å². The first-order valence-corrected chi connectivity index (χ1v) is 11.1. The number of hydrogen-bond acceptors (Lipinski definition) is 4. The van der Waals surface area contributed by atoms with E-state index in [0.717, 1.165) is 32.3 Å². The molecule has 0 aliphatic rings. The zero-order chi connectivity index (χ0) is 20.9. The van der Waals surface area contributed by atoms with Crippen LogP contribution in [0.15, 0.2) is 89.0 Å². The number of halogens is 1. The van der Waals surface area contributed by atoms with Gasteiger partial charge in [0, 0.05) is 27.7 Å². The Bertz CT molecular complexity index is 1200. The number of hydrogen-bond donors (Lipinski definition) is 1. The number of benzene rings is 3. The highest BCUT2D eigenvalue weighted by atomic mass is 79.9. The number of amides is 1. The minimum Gasteiger partial charge on any atom is -0.325 e. The second-order valence-electron chi connectivity index (χ2n) is 6.58. The number of allylic oxidation sites excluding steroid dienone is 1. The average molecular weight is 479 g/mol. The molecule has 0 fully saturated rings. The summed E-state index contributed by atoms with van der Waals surface area (Å²) in [6, 6.07) is 21.8. The molecule has 30 heavy (non-hydrogen) atoms. The van der Waals surface area contributed by atoms with Crippen LogP contribution in [-0.2, 0) is 11.3 Å². The van der Waals surface area contributed by atoms with E-state index in [-0.39, 0.29) is 11.7 Å². The molecule has 0 aliphatic carbocycles. The largest absolute Gasteiger partial charge is 0.325 e. The Hall–Kier alpha value is -2.90. The molecule has 1 heterocycles. The van der Waals surface area contributed by atoms with Gasteiger partial charge in [-0.05, 0) is 23.6 Å². The number of rotatable bonds is 7. The third-order valence-corrected chi connectivity index (χ3v) is 6.02. The fraction of sp³-hybridized carbons (Fsp3) is 0.0870. The molecule has 0 spiro atoms. The minimum atomic E-state index is -0.0882. The van der Waals surface area contributed by atoms with Crippen molar-refractivity contribution in [2.24, 2.45) is 0 Å². The summed E-state index contributed by atoms with van der Waals surface area (Å²) in [5.41, 5.74) is 1.77. The summed E-state index contributed by atoms with van der Waals surface area (Å²) in [5.74, 6) is 0.896. The molecule has 4 rings (SSSR count). The van der Waals surface area contributed by atoms with Gasteiger partial charge >= 0.3 is 0 Å². The lowest BCUT2D eigenvalue weighted by molar-refractivity contribution is -0.113. The summed E-state index contributed by atoms with van der Waals surface area (Å²) in [7, 11) is 0. The number of fused-ring (bicyclic) bond motifs is 1. The van der Waals surface area contributed by atoms with Crippen molar-refractivity contribution >= 4 is 50.1 Å². The van der Waals surface area contributed by atoms with Gasteiger partial charge in [0.1, 0.15) is 0 Å². The van der Waals surface area contributed by atoms with Crippen LogP contribution in [-0.4, -0.2) is 26.4 Å². The van der Waals surface area contributed by atoms with Gasteiger partial charge in [-0.1, -0.05) is 82.3 Å². The third kappa shape index (κ3) is 4.47. The van der Waals surface area contributed by atoms with Gasteiger partial charge in [-0.3, -0.25) is 9.36 Å². The lowest BCUT2D eigenvalue weighted by Gasteiger charge is -2.10. The van der Waals surface area contributed by atoms with Crippen molar-refractivity contribution in [2.75, 3.05) is 11.1 Å². The Morgan fingerprint density at radius 1 is 1.07 bits per heavy atom. The highest BCUT2D eigenvalue weighted by Crippen LogP contribution is 2.26. The molecule has 150 valence electrons. The van der Waals surface area contributed by atoms with Crippen molar-refractivity contribution in [3.8, 4) is 11.4 Å². The van der Waals surface area contributed by atoms with Crippen molar-refractivity contribution < 1.29 is 4.79 Å². The summed E-state index contributed by atoms with van der Waals surface area (Å²) in [5, 5.41) is 14.4. The molecule has 0 saturated heterocycles. The quantitative estimate of drug-likeness (QED) is 0.270. The average Bonchev–Trinajstić information content (AvgIpc) is 3.16. The van der Waals surface area contributed by atoms with E-state index in [4.69, 9.17) is 0 Å². The molecule has 0 saturated carbocycles. The molecule has 3 aromatic carbocycles. The van der Waals surface area contributed by atoms with Gasteiger partial charge < -0.3 is 5.32 Å². The second-order valence-corrected chi connectivity index (χ2v) is 8.43. The Labute approximate surface area is 187 Å². The van der Waals surface area contributed by atoms with E-state index in [1.807, 2.05) is 71.3 Å². The lowest BCUT2D eigenvalue weighted by atomic mass is 10.1. The number of nitrogens with one attached hydrogen (secondary N) is 1. The topological polar surface area (TPSA) is 59.8 Å². The van der Waals surface area contributed by atoms with Gasteiger partial charge in [-0.25, -0.2) is 0 Å². The van der Waals surface area contributed by atoms with E-state index in [2.05, 4.69) is 38.0 Å². The predicted molar refractivity (Wildman–Crippen MR) is 127 cm³/mol. The van der Waals surface area contributed by atoms with Gasteiger partial charge in [0.15, 0.2) is 11.0 Å². The number of aromatic nitrogens is 3. The summed E-state index contributed by atoms with van der Waals surface area (Å²) in [6.07, 6.45) is 1.80. The SMILES string of the molecule is C=CCn1c(SCC(=O)Nc2cccc3ccccc23)nnc1-c1ccc(Br)cc1. The zero-order valence-electron chi connectivity index (χ0n) is 16.1. The van der Waals surface area contributed by atoms with Crippen LogP contribution in [0.4, 0.5) is 5.69 Å². The van der Waals surface area contributed by atoms with Crippen LogP contribution in [0.1, 0.15) is 0 Å². The Balaban J connectivity index is 1.49. The summed E-state index contributed by atoms with van der Waals surface area (Å²) in [6.45, 7) is 4.39. The maximum Gasteiger partial charge on any atom is 0.234 e. The lowest BCUT2D eigenvalue weighted by Crippen LogP contribution is -2.15. The molecule has 7 heteroatoms. The summed E-state index contributed by atoms with van der Waals surface area (Å²) < 4.78 is 2.97. The van der Waals surface area contributed by atoms with Crippen molar-refractivity contribution in [3.63, 3.8) is 0 Å². The van der Waals surface area contributed by atoms with Crippen molar-refractivity contribution in [1.82, 2.24) is 14.8 Å². The number of thioether (sulfide) groups is 1.